The van der Waals surface area contributed by atoms with Crippen molar-refractivity contribution < 1.29 is 4.42 Å². The highest BCUT2D eigenvalue weighted by Gasteiger charge is 2.19. The summed E-state index contributed by atoms with van der Waals surface area (Å²) < 4.78 is 6.64. The number of hydrogen-bond donors (Lipinski definition) is 0. The Bertz CT molecular complexity index is 2480. The van der Waals surface area contributed by atoms with Crippen LogP contribution in [0.15, 0.2) is 156 Å². The maximum Gasteiger partial charge on any atom is 0.164 e. The Labute approximate surface area is 259 Å². The van der Waals surface area contributed by atoms with Crippen LogP contribution in [-0.4, -0.2) is 15.0 Å². The van der Waals surface area contributed by atoms with E-state index in [0.29, 0.717) is 17.5 Å². The van der Waals surface area contributed by atoms with E-state index in [9.17, 15) is 0 Å². The van der Waals surface area contributed by atoms with Crippen molar-refractivity contribution in [1.82, 2.24) is 15.0 Å². The minimum atomic E-state index is 0.628. The number of hydrogen-bond acceptors (Lipinski definition) is 4. The number of aromatic nitrogens is 3. The molecule has 210 valence electrons. The zero-order valence-corrected chi connectivity index (χ0v) is 24.2. The van der Waals surface area contributed by atoms with Gasteiger partial charge in [0.05, 0.1) is 0 Å². The third kappa shape index (κ3) is 4.35. The standard InChI is InChI=1S/C41H25N3O/c1-3-12-27(13-4-1)39-42-40(28-14-5-2-6-15-28)44-41(43-39)36-25-35-33-22-21-31(30-20-19-26-11-7-8-16-29(26)23-30)24-37(33)45-38(35)34-18-10-9-17-32(34)36/h1-25H. The van der Waals surface area contributed by atoms with Crippen molar-refractivity contribution in [3.8, 4) is 45.3 Å². The smallest absolute Gasteiger partial charge is 0.164 e. The Hall–Kier alpha value is -6.13. The normalized spacial score (nSPS) is 11.6. The number of nitrogens with zero attached hydrogens (tertiary/aromatic N) is 3. The van der Waals surface area contributed by atoms with Crippen LogP contribution in [0.1, 0.15) is 0 Å². The summed E-state index contributed by atoms with van der Waals surface area (Å²) in [6.45, 7) is 0. The molecule has 0 saturated heterocycles. The summed E-state index contributed by atoms with van der Waals surface area (Å²) in [4.78, 5) is 15.0. The Kier molecular flexibility index (Phi) is 5.78. The van der Waals surface area contributed by atoms with E-state index in [4.69, 9.17) is 19.4 Å². The van der Waals surface area contributed by atoms with Crippen LogP contribution in [0.2, 0.25) is 0 Å². The summed E-state index contributed by atoms with van der Waals surface area (Å²) in [6.07, 6.45) is 0. The molecule has 0 spiro atoms. The molecular weight excluding hydrogens is 550 g/mol. The quantitative estimate of drug-likeness (QED) is 0.209. The first kappa shape index (κ1) is 25.4. The molecule has 0 saturated carbocycles. The summed E-state index contributed by atoms with van der Waals surface area (Å²) in [5.74, 6) is 1.91. The fraction of sp³-hybridized carbons (Fsp3) is 0. The zero-order valence-electron chi connectivity index (χ0n) is 24.2. The van der Waals surface area contributed by atoms with E-state index in [2.05, 4.69) is 91.0 Å². The highest BCUT2D eigenvalue weighted by molar-refractivity contribution is 6.19. The average Bonchev–Trinajstić information content (AvgIpc) is 3.50. The van der Waals surface area contributed by atoms with Gasteiger partial charge in [-0.2, -0.15) is 0 Å². The Balaban J connectivity index is 1.27. The topological polar surface area (TPSA) is 51.8 Å². The molecular formula is C41H25N3O. The molecule has 0 aliphatic heterocycles. The number of furan rings is 1. The first-order valence-corrected chi connectivity index (χ1v) is 15.0. The lowest BCUT2D eigenvalue weighted by atomic mass is 9.98. The van der Waals surface area contributed by atoms with E-state index in [-0.39, 0.29) is 0 Å². The summed E-state index contributed by atoms with van der Waals surface area (Å²) in [5.41, 5.74) is 6.82. The lowest BCUT2D eigenvalue weighted by molar-refractivity contribution is 0.673. The van der Waals surface area contributed by atoms with Crippen LogP contribution < -0.4 is 0 Å². The van der Waals surface area contributed by atoms with Crippen molar-refractivity contribution in [2.24, 2.45) is 0 Å². The minimum Gasteiger partial charge on any atom is -0.455 e. The van der Waals surface area contributed by atoms with Gasteiger partial charge in [0.25, 0.3) is 0 Å². The second kappa shape index (κ2) is 10.2. The Morgan fingerprint density at radius 1 is 0.356 bits per heavy atom. The average molecular weight is 576 g/mol. The molecule has 0 amide bonds. The van der Waals surface area contributed by atoms with Crippen LogP contribution in [0.5, 0.6) is 0 Å². The van der Waals surface area contributed by atoms with Gasteiger partial charge in [-0.3, -0.25) is 0 Å². The molecule has 0 aliphatic carbocycles. The predicted octanol–water partition coefficient (Wildman–Crippen LogP) is 10.7. The van der Waals surface area contributed by atoms with Gasteiger partial charge in [0.2, 0.25) is 0 Å². The minimum absolute atomic E-state index is 0.628. The molecule has 45 heavy (non-hydrogen) atoms. The second-order valence-electron chi connectivity index (χ2n) is 11.3. The van der Waals surface area contributed by atoms with Crippen molar-refractivity contribution >= 4 is 43.5 Å². The van der Waals surface area contributed by atoms with E-state index in [1.54, 1.807) is 0 Å². The third-order valence-electron chi connectivity index (χ3n) is 8.50. The van der Waals surface area contributed by atoms with Crippen LogP contribution >= 0.6 is 0 Å². The molecule has 0 fully saturated rings. The molecule has 0 atom stereocenters. The van der Waals surface area contributed by atoms with Gasteiger partial charge < -0.3 is 4.42 Å². The first-order chi connectivity index (χ1) is 22.3. The molecule has 2 heterocycles. The van der Waals surface area contributed by atoms with Gasteiger partial charge in [-0.1, -0.05) is 127 Å². The van der Waals surface area contributed by atoms with E-state index < -0.39 is 0 Å². The fourth-order valence-electron chi connectivity index (χ4n) is 6.26. The Morgan fingerprint density at radius 2 is 0.933 bits per heavy atom. The van der Waals surface area contributed by atoms with Crippen LogP contribution in [0.3, 0.4) is 0 Å². The summed E-state index contributed by atoms with van der Waals surface area (Å²) in [5, 5.41) is 6.60. The Morgan fingerprint density at radius 3 is 1.67 bits per heavy atom. The van der Waals surface area contributed by atoms with Gasteiger partial charge in [-0.25, -0.2) is 15.0 Å². The molecule has 2 aromatic heterocycles. The lowest BCUT2D eigenvalue weighted by Crippen LogP contribution is -2.00. The van der Waals surface area contributed by atoms with E-state index in [1.165, 1.54) is 10.8 Å². The number of fused-ring (bicyclic) bond motifs is 6. The first-order valence-electron chi connectivity index (χ1n) is 15.0. The molecule has 0 unspecified atom stereocenters. The highest BCUT2D eigenvalue weighted by atomic mass is 16.3. The predicted molar refractivity (Wildman–Crippen MR) is 184 cm³/mol. The monoisotopic (exact) mass is 575 g/mol. The van der Waals surface area contributed by atoms with Crippen LogP contribution in [-0.2, 0) is 0 Å². The molecule has 4 nitrogen and oxygen atoms in total. The molecule has 9 rings (SSSR count). The number of benzene rings is 7. The van der Waals surface area contributed by atoms with E-state index >= 15 is 0 Å². The maximum absolute atomic E-state index is 6.64. The zero-order chi connectivity index (χ0) is 29.7. The van der Waals surface area contributed by atoms with Crippen molar-refractivity contribution in [3.63, 3.8) is 0 Å². The van der Waals surface area contributed by atoms with Crippen LogP contribution in [0.25, 0.3) is 88.8 Å². The van der Waals surface area contributed by atoms with Crippen molar-refractivity contribution in [2.45, 2.75) is 0 Å². The summed E-state index contributed by atoms with van der Waals surface area (Å²) in [7, 11) is 0. The largest absolute Gasteiger partial charge is 0.455 e. The van der Waals surface area contributed by atoms with Crippen molar-refractivity contribution in [1.29, 1.82) is 0 Å². The number of rotatable bonds is 4. The molecule has 4 heteroatoms. The van der Waals surface area contributed by atoms with Gasteiger partial charge in [-0.05, 0) is 51.6 Å². The van der Waals surface area contributed by atoms with Gasteiger partial charge in [0.1, 0.15) is 11.2 Å². The van der Waals surface area contributed by atoms with Gasteiger partial charge in [-0.15, -0.1) is 0 Å². The molecule has 0 radical (unpaired) electrons. The second-order valence-corrected chi connectivity index (χ2v) is 11.3. The van der Waals surface area contributed by atoms with E-state index in [0.717, 1.165) is 60.5 Å². The highest BCUT2D eigenvalue weighted by Crippen LogP contribution is 2.40. The van der Waals surface area contributed by atoms with Crippen molar-refractivity contribution in [2.75, 3.05) is 0 Å². The lowest BCUT2D eigenvalue weighted by Gasteiger charge is -2.11. The molecule has 0 aliphatic rings. The molecule has 7 aromatic carbocycles. The molecule has 9 aromatic rings. The third-order valence-corrected chi connectivity index (χ3v) is 8.50. The fourth-order valence-corrected chi connectivity index (χ4v) is 6.26. The summed E-state index contributed by atoms with van der Waals surface area (Å²) >= 11 is 0. The van der Waals surface area contributed by atoms with Crippen LogP contribution in [0, 0.1) is 0 Å². The van der Waals surface area contributed by atoms with Gasteiger partial charge >= 0.3 is 0 Å². The summed E-state index contributed by atoms with van der Waals surface area (Å²) in [6, 6.07) is 52.2. The molecule has 0 bridgehead atoms. The SMILES string of the molecule is c1ccc(-c2nc(-c3ccccc3)nc(-c3cc4c5ccc(-c6ccc7ccccc7c6)cc5oc4c4ccccc34)n2)cc1. The van der Waals surface area contributed by atoms with Crippen molar-refractivity contribution in [3.05, 3.63) is 152 Å². The maximum atomic E-state index is 6.64. The van der Waals surface area contributed by atoms with Gasteiger partial charge in [0.15, 0.2) is 17.5 Å². The molecule has 0 N–H and O–H groups in total. The van der Waals surface area contributed by atoms with Crippen LogP contribution in [0.4, 0.5) is 0 Å². The van der Waals surface area contributed by atoms with E-state index in [1.807, 2.05) is 60.7 Å². The van der Waals surface area contributed by atoms with Gasteiger partial charge in [0, 0.05) is 32.8 Å².